The first-order valence-corrected chi connectivity index (χ1v) is 11.2. The number of nitrogens with one attached hydrogen (secondary N) is 1. The van der Waals surface area contributed by atoms with Gasteiger partial charge >= 0.3 is 0 Å². The van der Waals surface area contributed by atoms with Gasteiger partial charge in [-0.25, -0.2) is 4.99 Å². The standard InChI is InChI=1S/C23H37N5O/c1-4-24-23(28-16-14-27(15-17-28)19(2)29)25-18-20-10-12-22(13-11-20)26(3)21-8-6-5-7-9-21/h10-13,21H,4-9,14-18H2,1-3H3,(H,24,25). The Labute approximate surface area is 176 Å². The van der Waals surface area contributed by atoms with E-state index in [1.807, 2.05) is 4.90 Å². The zero-order valence-corrected chi connectivity index (χ0v) is 18.4. The van der Waals surface area contributed by atoms with Crippen LogP contribution in [-0.2, 0) is 11.3 Å². The summed E-state index contributed by atoms with van der Waals surface area (Å²) in [6.07, 6.45) is 6.72. The lowest BCUT2D eigenvalue weighted by molar-refractivity contribution is -0.130. The first-order chi connectivity index (χ1) is 14.1. The first-order valence-electron chi connectivity index (χ1n) is 11.2. The zero-order chi connectivity index (χ0) is 20.6. The van der Waals surface area contributed by atoms with Crippen molar-refractivity contribution in [1.29, 1.82) is 0 Å². The molecule has 1 saturated carbocycles. The number of nitrogens with zero attached hydrogens (tertiary/aromatic N) is 4. The van der Waals surface area contributed by atoms with Crippen molar-refractivity contribution in [1.82, 2.24) is 15.1 Å². The van der Waals surface area contributed by atoms with Gasteiger partial charge in [-0.15, -0.1) is 0 Å². The van der Waals surface area contributed by atoms with E-state index in [9.17, 15) is 4.79 Å². The van der Waals surface area contributed by atoms with E-state index < -0.39 is 0 Å². The van der Waals surface area contributed by atoms with E-state index in [1.165, 1.54) is 43.4 Å². The van der Waals surface area contributed by atoms with Crippen LogP contribution in [0.4, 0.5) is 5.69 Å². The maximum Gasteiger partial charge on any atom is 0.219 e. The second-order valence-corrected chi connectivity index (χ2v) is 8.23. The fourth-order valence-electron chi connectivity index (χ4n) is 4.34. The average molecular weight is 400 g/mol. The summed E-state index contributed by atoms with van der Waals surface area (Å²) in [6, 6.07) is 9.56. The summed E-state index contributed by atoms with van der Waals surface area (Å²) in [5.41, 5.74) is 2.53. The van der Waals surface area contributed by atoms with Crippen LogP contribution in [0.3, 0.4) is 0 Å². The van der Waals surface area contributed by atoms with Crippen molar-refractivity contribution in [3.05, 3.63) is 29.8 Å². The lowest BCUT2D eigenvalue weighted by Crippen LogP contribution is -2.53. The molecule has 1 aliphatic heterocycles. The summed E-state index contributed by atoms with van der Waals surface area (Å²) in [5, 5.41) is 3.40. The molecule has 0 atom stereocenters. The second kappa shape index (κ2) is 10.5. The zero-order valence-electron chi connectivity index (χ0n) is 18.4. The first kappa shape index (κ1) is 21.5. The molecule has 1 N–H and O–H groups in total. The molecule has 2 fully saturated rings. The lowest BCUT2D eigenvalue weighted by atomic mass is 9.94. The van der Waals surface area contributed by atoms with Gasteiger partial charge in [0.2, 0.25) is 5.91 Å². The van der Waals surface area contributed by atoms with Gasteiger partial charge in [-0.2, -0.15) is 0 Å². The summed E-state index contributed by atoms with van der Waals surface area (Å²) in [4.78, 5) is 23.0. The Balaban J connectivity index is 1.58. The van der Waals surface area contributed by atoms with Crippen LogP contribution in [0.2, 0.25) is 0 Å². The van der Waals surface area contributed by atoms with E-state index in [-0.39, 0.29) is 5.91 Å². The van der Waals surface area contributed by atoms with Gasteiger partial charge in [0, 0.05) is 58.4 Å². The molecule has 1 aliphatic carbocycles. The monoisotopic (exact) mass is 399 g/mol. The highest BCUT2D eigenvalue weighted by Crippen LogP contribution is 2.26. The highest BCUT2D eigenvalue weighted by Gasteiger charge is 2.21. The van der Waals surface area contributed by atoms with E-state index in [4.69, 9.17) is 4.99 Å². The molecular weight excluding hydrogens is 362 g/mol. The molecule has 2 aliphatic rings. The summed E-state index contributed by atoms with van der Waals surface area (Å²) in [6.45, 7) is 8.44. The maximum atomic E-state index is 11.5. The van der Waals surface area contributed by atoms with Crippen LogP contribution in [0.15, 0.2) is 29.3 Å². The van der Waals surface area contributed by atoms with Crippen LogP contribution in [0, 0.1) is 0 Å². The molecule has 0 spiro atoms. The lowest BCUT2D eigenvalue weighted by Gasteiger charge is -2.36. The molecule has 0 bridgehead atoms. The van der Waals surface area contributed by atoms with Crippen molar-refractivity contribution in [3.63, 3.8) is 0 Å². The normalized spacial score (nSPS) is 18.7. The third-order valence-corrected chi connectivity index (χ3v) is 6.24. The SMILES string of the molecule is CCNC(=NCc1ccc(N(C)C2CCCCC2)cc1)N1CCN(C(C)=O)CC1. The fraction of sp³-hybridized carbons (Fsp3) is 0.652. The molecule has 1 heterocycles. The molecule has 1 amide bonds. The van der Waals surface area contributed by atoms with Gasteiger partial charge in [-0.1, -0.05) is 31.4 Å². The van der Waals surface area contributed by atoms with E-state index in [2.05, 4.69) is 53.4 Å². The minimum Gasteiger partial charge on any atom is -0.372 e. The summed E-state index contributed by atoms with van der Waals surface area (Å²) in [7, 11) is 2.23. The van der Waals surface area contributed by atoms with E-state index in [0.29, 0.717) is 12.6 Å². The van der Waals surface area contributed by atoms with Gasteiger partial charge in [0.05, 0.1) is 6.54 Å². The van der Waals surface area contributed by atoms with Gasteiger partial charge in [0.1, 0.15) is 0 Å². The molecule has 1 saturated heterocycles. The summed E-state index contributed by atoms with van der Waals surface area (Å²) in [5.74, 6) is 1.10. The van der Waals surface area contributed by atoms with Crippen molar-refractivity contribution < 1.29 is 4.79 Å². The number of carbonyl (C=O) groups excluding carboxylic acids is 1. The number of carbonyl (C=O) groups is 1. The van der Waals surface area contributed by atoms with Crippen LogP contribution in [0.5, 0.6) is 0 Å². The minimum atomic E-state index is 0.157. The number of hydrogen-bond donors (Lipinski definition) is 1. The molecule has 3 rings (SSSR count). The molecule has 0 aromatic heterocycles. The predicted octanol–water partition coefficient (Wildman–Crippen LogP) is 3.09. The Morgan fingerprint density at radius 3 is 2.28 bits per heavy atom. The third-order valence-electron chi connectivity index (χ3n) is 6.24. The van der Waals surface area contributed by atoms with E-state index in [1.54, 1.807) is 6.92 Å². The molecule has 1 aromatic rings. The topological polar surface area (TPSA) is 51.2 Å². The van der Waals surface area contributed by atoms with Gasteiger partial charge in [-0.3, -0.25) is 4.79 Å². The van der Waals surface area contributed by atoms with Crippen LogP contribution in [0.1, 0.15) is 51.5 Å². The van der Waals surface area contributed by atoms with Crippen LogP contribution in [0.25, 0.3) is 0 Å². The van der Waals surface area contributed by atoms with Gasteiger partial charge < -0.3 is 20.0 Å². The van der Waals surface area contributed by atoms with Crippen LogP contribution < -0.4 is 10.2 Å². The quantitative estimate of drug-likeness (QED) is 0.611. The van der Waals surface area contributed by atoms with E-state index >= 15 is 0 Å². The number of hydrogen-bond acceptors (Lipinski definition) is 3. The third kappa shape index (κ3) is 5.87. The smallest absolute Gasteiger partial charge is 0.219 e. The van der Waals surface area contributed by atoms with Crippen molar-refractivity contribution in [2.24, 2.45) is 4.99 Å². The number of rotatable bonds is 5. The summed E-state index contributed by atoms with van der Waals surface area (Å²) < 4.78 is 0. The largest absolute Gasteiger partial charge is 0.372 e. The van der Waals surface area contributed by atoms with Crippen molar-refractivity contribution >= 4 is 17.6 Å². The maximum absolute atomic E-state index is 11.5. The number of anilines is 1. The van der Waals surface area contributed by atoms with Crippen molar-refractivity contribution in [2.45, 2.75) is 58.5 Å². The Morgan fingerprint density at radius 2 is 1.69 bits per heavy atom. The summed E-state index contributed by atoms with van der Waals surface area (Å²) >= 11 is 0. The van der Waals surface area contributed by atoms with Crippen molar-refractivity contribution in [2.75, 3.05) is 44.7 Å². The fourth-order valence-corrected chi connectivity index (χ4v) is 4.34. The Kier molecular flexibility index (Phi) is 7.78. The van der Waals surface area contributed by atoms with Gasteiger partial charge in [0.15, 0.2) is 5.96 Å². The van der Waals surface area contributed by atoms with Crippen LogP contribution >= 0.6 is 0 Å². The average Bonchev–Trinajstić information content (AvgIpc) is 2.77. The molecule has 0 radical (unpaired) electrons. The molecular formula is C23H37N5O. The number of aliphatic imine (C=N–C) groups is 1. The Bertz CT molecular complexity index is 673. The number of benzene rings is 1. The number of guanidine groups is 1. The molecule has 6 heteroatoms. The van der Waals surface area contributed by atoms with Gasteiger partial charge in [-0.05, 0) is 37.5 Å². The molecule has 160 valence electrons. The van der Waals surface area contributed by atoms with Gasteiger partial charge in [0.25, 0.3) is 0 Å². The molecule has 0 unspecified atom stereocenters. The van der Waals surface area contributed by atoms with E-state index in [0.717, 1.165) is 38.7 Å². The molecule has 29 heavy (non-hydrogen) atoms. The Morgan fingerprint density at radius 1 is 1.07 bits per heavy atom. The second-order valence-electron chi connectivity index (χ2n) is 8.23. The number of amides is 1. The predicted molar refractivity (Wildman–Crippen MR) is 120 cm³/mol. The minimum absolute atomic E-state index is 0.157. The molecule has 6 nitrogen and oxygen atoms in total. The van der Waals surface area contributed by atoms with Crippen molar-refractivity contribution in [3.8, 4) is 0 Å². The highest BCUT2D eigenvalue weighted by atomic mass is 16.2. The number of piperazine rings is 1. The Hall–Kier alpha value is -2.24. The highest BCUT2D eigenvalue weighted by molar-refractivity contribution is 5.80. The molecule has 1 aromatic carbocycles. The van der Waals surface area contributed by atoms with Crippen LogP contribution in [-0.4, -0.2) is 67.5 Å².